The average molecular weight is 318 g/mol. The number of sulfonamides is 1. The van der Waals surface area contributed by atoms with Crippen LogP contribution in [0.4, 0.5) is 4.39 Å². The molecular formula is C13H19FN2O4S. The first-order valence-corrected chi connectivity index (χ1v) is 7.93. The van der Waals surface area contributed by atoms with Crippen LogP contribution in [-0.4, -0.2) is 28.0 Å². The largest absolute Gasteiger partial charge is 0.492 e. The number of nitrogens with one attached hydrogen (secondary N) is 1. The Kier molecular flexibility index (Phi) is 5.68. The van der Waals surface area contributed by atoms with Gasteiger partial charge in [0.1, 0.15) is 4.90 Å². The van der Waals surface area contributed by atoms with E-state index in [1.807, 2.05) is 13.8 Å². The minimum atomic E-state index is -4.21. The molecular weight excluding hydrogens is 299 g/mol. The van der Waals surface area contributed by atoms with Gasteiger partial charge in [0.25, 0.3) is 5.91 Å². The van der Waals surface area contributed by atoms with Crippen LogP contribution in [0.5, 0.6) is 5.75 Å². The summed E-state index contributed by atoms with van der Waals surface area (Å²) in [6.45, 7) is 4.33. The molecule has 6 nitrogen and oxygen atoms in total. The third-order valence-electron chi connectivity index (χ3n) is 3.09. The number of halogens is 1. The summed E-state index contributed by atoms with van der Waals surface area (Å²) in [4.78, 5) is 11.4. The highest BCUT2D eigenvalue weighted by atomic mass is 32.2. The number of hydrogen-bond donors (Lipinski definition) is 2. The van der Waals surface area contributed by atoms with Crippen LogP contribution in [-0.2, 0) is 10.0 Å². The van der Waals surface area contributed by atoms with E-state index in [0.717, 1.165) is 25.7 Å². The summed E-state index contributed by atoms with van der Waals surface area (Å²) in [6, 6.07) is 1.92. The summed E-state index contributed by atoms with van der Waals surface area (Å²) < 4.78 is 41.4. The lowest BCUT2D eigenvalue weighted by Gasteiger charge is -2.12. The molecule has 118 valence electrons. The van der Waals surface area contributed by atoms with E-state index >= 15 is 0 Å². The summed E-state index contributed by atoms with van der Waals surface area (Å²) in [6.07, 6.45) is 0.875. The Labute approximate surface area is 123 Å². The quantitative estimate of drug-likeness (QED) is 0.825. The molecule has 0 fully saturated rings. The molecule has 1 amide bonds. The lowest BCUT2D eigenvalue weighted by molar-refractivity contribution is 0.0947. The van der Waals surface area contributed by atoms with Crippen molar-refractivity contribution in [3.05, 3.63) is 23.5 Å². The van der Waals surface area contributed by atoms with Crippen LogP contribution >= 0.6 is 0 Å². The normalized spacial score (nSPS) is 12.8. The lowest BCUT2D eigenvalue weighted by atomic mass is 10.1. The molecule has 0 saturated carbocycles. The fraction of sp³-hybridized carbons (Fsp3) is 0.462. The number of hydrogen-bond acceptors (Lipinski definition) is 4. The molecule has 8 heteroatoms. The van der Waals surface area contributed by atoms with Gasteiger partial charge in [0.05, 0.1) is 7.11 Å². The SMILES string of the molecule is CCC(C)CNC(=O)c1cc(F)c(OC)c(S(N)(=O)=O)c1. The molecule has 1 aromatic carbocycles. The number of carbonyl (C=O) groups excluding carboxylic acids is 1. The maximum absolute atomic E-state index is 13.8. The highest BCUT2D eigenvalue weighted by Gasteiger charge is 2.22. The molecule has 0 aliphatic rings. The smallest absolute Gasteiger partial charge is 0.251 e. The van der Waals surface area contributed by atoms with Crippen molar-refractivity contribution in [3.8, 4) is 5.75 Å². The molecule has 0 heterocycles. The minimum Gasteiger partial charge on any atom is -0.492 e. The van der Waals surface area contributed by atoms with E-state index in [0.29, 0.717) is 6.54 Å². The Balaban J connectivity index is 3.16. The number of rotatable bonds is 6. The van der Waals surface area contributed by atoms with E-state index in [1.54, 1.807) is 0 Å². The van der Waals surface area contributed by atoms with Gasteiger partial charge in [-0.1, -0.05) is 20.3 Å². The Hall–Kier alpha value is -1.67. The highest BCUT2D eigenvalue weighted by Crippen LogP contribution is 2.27. The number of nitrogens with two attached hydrogens (primary N) is 1. The van der Waals surface area contributed by atoms with E-state index in [-0.39, 0.29) is 11.5 Å². The molecule has 1 aromatic rings. The summed E-state index contributed by atoms with van der Waals surface area (Å²) in [7, 11) is -3.08. The van der Waals surface area contributed by atoms with Gasteiger partial charge in [-0.25, -0.2) is 17.9 Å². The Morgan fingerprint density at radius 1 is 1.48 bits per heavy atom. The van der Waals surface area contributed by atoms with Crippen molar-refractivity contribution in [3.63, 3.8) is 0 Å². The zero-order valence-corrected chi connectivity index (χ0v) is 13.0. The van der Waals surface area contributed by atoms with Gasteiger partial charge in [-0.15, -0.1) is 0 Å². The molecule has 0 bridgehead atoms. The van der Waals surface area contributed by atoms with Crippen molar-refractivity contribution in [2.24, 2.45) is 11.1 Å². The van der Waals surface area contributed by atoms with E-state index in [1.165, 1.54) is 0 Å². The van der Waals surface area contributed by atoms with Crippen molar-refractivity contribution >= 4 is 15.9 Å². The van der Waals surface area contributed by atoms with Crippen LogP contribution < -0.4 is 15.2 Å². The molecule has 0 radical (unpaired) electrons. The molecule has 21 heavy (non-hydrogen) atoms. The number of carbonyl (C=O) groups is 1. The molecule has 0 aliphatic carbocycles. The fourth-order valence-corrected chi connectivity index (χ4v) is 2.35. The first-order valence-electron chi connectivity index (χ1n) is 6.39. The van der Waals surface area contributed by atoms with E-state index in [2.05, 4.69) is 10.1 Å². The van der Waals surface area contributed by atoms with Crippen LogP contribution in [0, 0.1) is 11.7 Å². The van der Waals surface area contributed by atoms with Crippen LogP contribution in [0.2, 0.25) is 0 Å². The number of methoxy groups -OCH3 is 1. The molecule has 1 atom stereocenters. The molecule has 3 N–H and O–H groups in total. The Bertz CT molecular complexity index is 631. The third-order valence-corrected chi connectivity index (χ3v) is 4.01. The molecule has 1 rings (SSSR count). The minimum absolute atomic E-state index is 0.124. The first-order chi connectivity index (χ1) is 9.70. The van der Waals surface area contributed by atoms with Crippen molar-refractivity contribution in [1.82, 2.24) is 5.32 Å². The number of primary sulfonamides is 1. The first kappa shape index (κ1) is 17.4. The zero-order chi connectivity index (χ0) is 16.2. The van der Waals surface area contributed by atoms with Crippen molar-refractivity contribution in [1.29, 1.82) is 0 Å². The van der Waals surface area contributed by atoms with Gasteiger partial charge in [0, 0.05) is 12.1 Å². The Morgan fingerprint density at radius 2 is 2.10 bits per heavy atom. The lowest BCUT2D eigenvalue weighted by Crippen LogP contribution is -2.28. The van der Waals surface area contributed by atoms with Gasteiger partial charge >= 0.3 is 0 Å². The van der Waals surface area contributed by atoms with E-state index < -0.39 is 32.4 Å². The topological polar surface area (TPSA) is 98.5 Å². The second-order valence-corrected chi connectivity index (χ2v) is 6.29. The molecule has 0 saturated heterocycles. The molecule has 0 aliphatic heterocycles. The molecule has 0 spiro atoms. The van der Waals surface area contributed by atoms with Crippen LogP contribution in [0.25, 0.3) is 0 Å². The van der Waals surface area contributed by atoms with Crippen LogP contribution in [0.15, 0.2) is 17.0 Å². The maximum atomic E-state index is 13.8. The van der Waals surface area contributed by atoms with Gasteiger partial charge < -0.3 is 10.1 Å². The highest BCUT2D eigenvalue weighted by molar-refractivity contribution is 7.89. The maximum Gasteiger partial charge on any atom is 0.251 e. The summed E-state index contributed by atoms with van der Waals surface area (Å²) in [5.74, 6) is -1.77. The zero-order valence-electron chi connectivity index (χ0n) is 12.1. The van der Waals surface area contributed by atoms with Crippen molar-refractivity contribution in [2.75, 3.05) is 13.7 Å². The molecule has 1 unspecified atom stereocenters. The number of amides is 1. The van der Waals surface area contributed by atoms with Gasteiger partial charge in [-0.2, -0.15) is 0 Å². The average Bonchev–Trinajstić information content (AvgIpc) is 2.42. The third kappa shape index (κ3) is 4.40. The van der Waals surface area contributed by atoms with E-state index in [9.17, 15) is 17.6 Å². The second-order valence-electron chi connectivity index (χ2n) is 4.76. The monoisotopic (exact) mass is 318 g/mol. The summed E-state index contributed by atoms with van der Waals surface area (Å²) >= 11 is 0. The van der Waals surface area contributed by atoms with Gasteiger partial charge in [0.2, 0.25) is 10.0 Å². The predicted molar refractivity (Wildman–Crippen MR) is 76.1 cm³/mol. The number of benzene rings is 1. The van der Waals surface area contributed by atoms with Crippen LogP contribution in [0.1, 0.15) is 30.6 Å². The number of ether oxygens (including phenoxy) is 1. The standard InChI is InChI=1S/C13H19FN2O4S/c1-4-8(2)7-16-13(17)9-5-10(14)12(20-3)11(6-9)21(15,18)19/h5-6,8H,4,7H2,1-3H3,(H,16,17)(H2,15,18,19). The molecule has 0 aromatic heterocycles. The fourth-order valence-electron chi connectivity index (χ4n) is 1.62. The Morgan fingerprint density at radius 3 is 2.57 bits per heavy atom. The van der Waals surface area contributed by atoms with Gasteiger partial charge in [0.15, 0.2) is 11.6 Å². The van der Waals surface area contributed by atoms with E-state index in [4.69, 9.17) is 5.14 Å². The van der Waals surface area contributed by atoms with Crippen molar-refractivity contribution in [2.45, 2.75) is 25.2 Å². The second kappa shape index (κ2) is 6.86. The van der Waals surface area contributed by atoms with Gasteiger partial charge in [-0.05, 0) is 18.1 Å². The van der Waals surface area contributed by atoms with Gasteiger partial charge in [-0.3, -0.25) is 4.79 Å². The summed E-state index contributed by atoms with van der Waals surface area (Å²) in [5.41, 5.74) is -0.124. The predicted octanol–water partition coefficient (Wildman–Crippen LogP) is 1.26. The van der Waals surface area contributed by atoms with Crippen molar-refractivity contribution < 1.29 is 22.3 Å². The van der Waals surface area contributed by atoms with Crippen LogP contribution in [0.3, 0.4) is 0 Å². The summed E-state index contributed by atoms with van der Waals surface area (Å²) in [5, 5.41) is 7.62.